The number of hydrogen-bond acceptors (Lipinski definition) is 4. The lowest BCUT2D eigenvalue weighted by Gasteiger charge is -2.36. The number of rotatable bonds is 7. The summed E-state index contributed by atoms with van der Waals surface area (Å²) in [4.78, 5) is 2.46. The Morgan fingerprint density at radius 3 is 2.40 bits per heavy atom. The molecule has 116 valence electrons. The van der Waals surface area contributed by atoms with Crippen LogP contribution < -0.4 is 5.32 Å². The summed E-state index contributed by atoms with van der Waals surface area (Å²) in [6.07, 6.45) is 3.47. The number of nitriles is 1. The highest BCUT2D eigenvalue weighted by atomic mass is 16.5. The van der Waals surface area contributed by atoms with Crippen molar-refractivity contribution in [3.05, 3.63) is 0 Å². The Balaban J connectivity index is 2.42. The lowest BCUT2D eigenvalue weighted by molar-refractivity contribution is -0.0684. The van der Waals surface area contributed by atoms with Crippen molar-refractivity contribution in [1.82, 2.24) is 10.2 Å². The minimum Gasteiger partial charge on any atom is -0.373 e. The first-order valence-corrected chi connectivity index (χ1v) is 7.97. The molecular weight excluding hydrogens is 250 g/mol. The third-order valence-corrected chi connectivity index (χ3v) is 3.96. The fraction of sp³-hybridized carbons (Fsp3) is 0.938. The van der Waals surface area contributed by atoms with Crippen LogP contribution in [0.15, 0.2) is 0 Å². The van der Waals surface area contributed by atoms with Gasteiger partial charge in [-0.2, -0.15) is 5.26 Å². The number of nitrogens with zero attached hydrogens (tertiary/aromatic N) is 2. The predicted molar refractivity (Wildman–Crippen MR) is 82.6 cm³/mol. The Morgan fingerprint density at radius 1 is 1.35 bits per heavy atom. The predicted octanol–water partition coefficient (Wildman–Crippen LogP) is 2.55. The van der Waals surface area contributed by atoms with Gasteiger partial charge in [-0.15, -0.1) is 0 Å². The topological polar surface area (TPSA) is 48.3 Å². The lowest BCUT2D eigenvalue weighted by Crippen LogP contribution is -2.48. The van der Waals surface area contributed by atoms with Gasteiger partial charge in [0.2, 0.25) is 0 Å². The van der Waals surface area contributed by atoms with Gasteiger partial charge >= 0.3 is 0 Å². The van der Waals surface area contributed by atoms with Gasteiger partial charge in [0, 0.05) is 19.1 Å². The van der Waals surface area contributed by atoms with E-state index in [-0.39, 0.29) is 5.54 Å². The summed E-state index contributed by atoms with van der Waals surface area (Å²) in [6, 6.07) is 2.84. The van der Waals surface area contributed by atoms with Crippen molar-refractivity contribution in [2.75, 3.05) is 19.6 Å². The van der Waals surface area contributed by atoms with Crippen LogP contribution in [0.25, 0.3) is 0 Å². The molecule has 1 rings (SSSR count). The van der Waals surface area contributed by atoms with Gasteiger partial charge in [-0.25, -0.2) is 0 Å². The van der Waals surface area contributed by atoms with Crippen molar-refractivity contribution in [3.63, 3.8) is 0 Å². The van der Waals surface area contributed by atoms with Crippen LogP contribution in [0.3, 0.4) is 0 Å². The number of nitrogens with one attached hydrogen (secondary N) is 1. The van der Waals surface area contributed by atoms with Gasteiger partial charge in [-0.3, -0.25) is 10.2 Å². The maximum absolute atomic E-state index is 9.50. The van der Waals surface area contributed by atoms with Crippen LogP contribution in [0.1, 0.15) is 53.9 Å². The van der Waals surface area contributed by atoms with Gasteiger partial charge in [0.05, 0.1) is 18.3 Å². The Kier molecular flexibility index (Phi) is 6.94. The van der Waals surface area contributed by atoms with Crippen molar-refractivity contribution >= 4 is 0 Å². The van der Waals surface area contributed by atoms with Crippen LogP contribution in [-0.2, 0) is 4.74 Å². The Hall–Kier alpha value is -0.630. The molecule has 0 radical (unpaired) electrons. The quantitative estimate of drug-likeness (QED) is 0.779. The molecule has 1 saturated heterocycles. The fourth-order valence-corrected chi connectivity index (χ4v) is 3.14. The SMILES string of the molecule is CCC(C#N)(CCCN1C[C@@H](C)O[C@@H](C)C1)NC(C)C. The monoisotopic (exact) mass is 281 g/mol. The minimum atomic E-state index is -0.363. The number of hydrogen-bond donors (Lipinski definition) is 1. The van der Waals surface area contributed by atoms with E-state index in [2.05, 4.69) is 50.9 Å². The van der Waals surface area contributed by atoms with Crippen LogP contribution in [0.5, 0.6) is 0 Å². The molecule has 0 bridgehead atoms. The van der Waals surface area contributed by atoms with Crippen molar-refractivity contribution in [2.24, 2.45) is 0 Å². The molecule has 0 amide bonds. The molecule has 0 saturated carbocycles. The average Bonchev–Trinajstić information content (AvgIpc) is 2.36. The molecule has 1 unspecified atom stereocenters. The van der Waals surface area contributed by atoms with Gasteiger partial charge in [0.1, 0.15) is 5.54 Å². The molecule has 4 heteroatoms. The normalized spacial score (nSPS) is 27.2. The van der Waals surface area contributed by atoms with Crippen LogP contribution in [0, 0.1) is 11.3 Å². The van der Waals surface area contributed by atoms with E-state index in [0.29, 0.717) is 18.2 Å². The van der Waals surface area contributed by atoms with E-state index in [9.17, 15) is 5.26 Å². The third-order valence-electron chi connectivity index (χ3n) is 3.96. The van der Waals surface area contributed by atoms with Crippen molar-refractivity contribution < 1.29 is 4.74 Å². The van der Waals surface area contributed by atoms with E-state index in [1.54, 1.807) is 0 Å². The second-order valence-electron chi connectivity index (χ2n) is 6.47. The highest BCUT2D eigenvalue weighted by molar-refractivity contribution is 5.06. The molecule has 0 aromatic heterocycles. The molecular formula is C16H31N3O. The molecule has 1 aliphatic rings. The third kappa shape index (κ3) is 5.40. The summed E-state index contributed by atoms with van der Waals surface area (Å²) < 4.78 is 5.75. The van der Waals surface area contributed by atoms with Crippen LogP contribution in [-0.4, -0.2) is 48.3 Å². The molecule has 1 heterocycles. The molecule has 20 heavy (non-hydrogen) atoms. The zero-order chi connectivity index (χ0) is 15.2. The maximum Gasteiger partial charge on any atom is 0.106 e. The first-order valence-electron chi connectivity index (χ1n) is 7.97. The number of ether oxygens (including phenoxy) is 1. The molecule has 0 aromatic rings. The highest BCUT2D eigenvalue weighted by Crippen LogP contribution is 2.19. The smallest absolute Gasteiger partial charge is 0.106 e. The van der Waals surface area contributed by atoms with Gasteiger partial charge in [-0.05, 0) is 53.5 Å². The van der Waals surface area contributed by atoms with Gasteiger partial charge in [0.15, 0.2) is 0 Å². The van der Waals surface area contributed by atoms with E-state index in [1.165, 1.54) is 0 Å². The molecule has 0 aromatic carbocycles. The zero-order valence-corrected chi connectivity index (χ0v) is 13.8. The van der Waals surface area contributed by atoms with Crippen LogP contribution in [0.4, 0.5) is 0 Å². The zero-order valence-electron chi connectivity index (χ0n) is 13.8. The van der Waals surface area contributed by atoms with Gasteiger partial charge in [-0.1, -0.05) is 6.92 Å². The highest BCUT2D eigenvalue weighted by Gasteiger charge is 2.29. The van der Waals surface area contributed by atoms with E-state index in [4.69, 9.17) is 4.74 Å². The molecule has 3 atom stereocenters. The summed E-state index contributed by atoms with van der Waals surface area (Å²) in [5, 5.41) is 12.9. The maximum atomic E-state index is 9.50. The molecule has 0 aliphatic carbocycles. The van der Waals surface area contributed by atoms with E-state index in [1.807, 2.05) is 0 Å². The molecule has 4 nitrogen and oxygen atoms in total. The van der Waals surface area contributed by atoms with Crippen LogP contribution >= 0.6 is 0 Å². The minimum absolute atomic E-state index is 0.319. The van der Waals surface area contributed by atoms with Gasteiger partial charge in [0.25, 0.3) is 0 Å². The second kappa shape index (κ2) is 7.97. The standard InChI is InChI=1S/C16H31N3O/c1-6-16(12-17,18-13(2)3)8-7-9-19-10-14(4)20-15(5)11-19/h13-15,18H,6-11H2,1-5H3/t14-,15+,16?. The summed E-state index contributed by atoms with van der Waals surface area (Å²) in [5.41, 5.74) is -0.363. The van der Waals surface area contributed by atoms with Crippen LogP contribution in [0.2, 0.25) is 0 Å². The second-order valence-corrected chi connectivity index (χ2v) is 6.47. The molecule has 1 aliphatic heterocycles. The number of morpholine rings is 1. The molecule has 1 N–H and O–H groups in total. The largest absolute Gasteiger partial charge is 0.373 e. The lowest BCUT2D eigenvalue weighted by atomic mass is 9.91. The Labute approximate surface area is 124 Å². The summed E-state index contributed by atoms with van der Waals surface area (Å²) >= 11 is 0. The Morgan fingerprint density at radius 2 is 1.95 bits per heavy atom. The average molecular weight is 281 g/mol. The van der Waals surface area contributed by atoms with E-state index in [0.717, 1.165) is 38.9 Å². The van der Waals surface area contributed by atoms with Crippen molar-refractivity contribution in [2.45, 2.75) is 77.7 Å². The van der Waals surface area contributed by atoms with E-state index >= 15 is 0 Å². The summed E-state index contributed by atoms with van der Waals surface area (Å²) in [5.74, 6) is 0. The molecule has 0 spiro atoms. The molecule has 1 fully saturated rings. The fourth-order valence-electron chi connectivity index (χ4n) is 3.14. The summed E-state index contributed by atoms with van der Waals surface area (Å²) in [7, 11) is 0. The first-order chi connectivity index (χ1) is 9.40. The van der Waals surface area contributed by atoms with Crippen molar-refractivity contribution in [1.29, 1.82) is 5.26 Å². The first kappa shape index (κ1) is 17.4. The Bertz CT molecular complexity index is 316. The van der Waals surface area contributed by atoms with E-state index < -0.39 is 0 Å². The van der Waals surface area contributed by atoms with Crippen molar-refractivity contribution in [3.8, 4) is 6.07 Å². The van der Waals surface area contributed by atoms with Gasteiger partial charge < -0.3 is 4.74 Å². The summed E-state index contributed by atoms with van der Waals surface area (Å²) in [6.45, 7) is 13.6.